The second kappa shape index (κ2) is 3.31. The van der Waals surface area contributed by atoms with Gasteiger partial charge in [0.2, 0.25) is 0 Å². The van der Waals surface area contributed by atoms with Gasteiger partial charge in [0.05, 0.1) is 17.0 Å². The molecule has 0 radical (unpaired) electrons. The van der Waals surface area contributed by atoms with Gasteiger partial charge in [0.1, 0.15) is 11.6 Å². The van der Waals surface area contributed by atoms with Crippen molar-refractivity contribution in [3.63, 3.8) is 0 Å². The number of aromatic nitrogens is 3. The smallest absolute Gasteiger partial charge is 0.339 e. The van der Waals surface area contributed by atoms with E-state index in [1.807, 2.05) is 6.07 Å². The van der Waals surface area contributed by atoms with Crippen LogP contribution in [0.3, 0.4) is 0 Å². The summed E-state index contributed by atoms with van der Waals surface area (Å²) in [6.07, 6.45) is 1.24. The molecule has 0 fully saturated rings. The highest BCUT2D eigenvalue weighted by Gasteiger charge is 2.16. The standard InChI is InChI=1S/C10H8N4O2/c1-5-7(3-11)9-12-4-8(10(15)16)6(2)14(9)13-5/h4H,1-2H3,(H,15,16). The van der Waals surface area contributed by atoms with Crippen LogP contribution in [0.15, 0.2) is 6.20 Å². The van der Waals surface area contributed by atoms with E-state index in [9.17, 15) is 4.79 Å². The van der Waals surface area contributed by atoms with Crippen molar-refractivity contribution in [1.29, 1.82) is 5.26 Å². The first-order chi connectivity index (χ1) is 7.56. The van der Waals surface area contributed by atoms with Crippen LogP contribution >= 0.6 is 0 Å². The molecule has 1 N–H and O–H groups in total. The van der Waals surface area contributed by atoms with E-state index in [-0.39, 0.29) is 5.56 Å². The van der Waals surface area contributed by atoms with Crippen molar-refractivity contribution in [2.75, 3.05) is 0 Å². The molecule has 2 rings (SSSR count). The molecule has 0 aliphatic carbocycles. The monoisotopic (exact) mass is 216 g/mol. The average molecular weight is 216 g/mol. The summed E-state index contributed by atoms with van der Waals surface area (Å²) in [6.45, 7) is 3.32. The molecule has 6 heteroatoms. The van der Waals surface area contributed by atoms with Gasteiger partial charge in [-0.05, 0) is 13.8 Å². The summed E-state index contributed by atoms with van der Waals surface area (Å²) in [5, 5.41) is 21.9. The SMILES string of the molecule is Cc1nn2c(C)c(C(=O)O)cnc2c1C#N. The molecule has 6 nitrogen and oxygen atoms in total. The number of aryl methyl sites for hydroxylation is 2. The van der Waals surface area contributed by atoms with Crippen molar-refractivity contribution in [2.24, 2.45) is 0 Å². The van der Waals surface area contributed by atoms with Gasteiger partial charge in [-0.3, -0.25) is 0 Å². The van der Waals surface area contributed by atoms with Crippen molar-refractivity contribution < 1.29 is 9.90 Å². The zero-order chi connectivity index (χ0) is 11.9. The maximum Gasteiger partial charge on any atom is 0.339 e. The molecule has 2 aromatic heterocycles. The van der Waals surface area contributed by atoms with Crippen molar-refractivity contribution in [3.8, 4) is 6.07 Å². The first kappa shape index (κ1) is 10.1. The van der Waals surface area contributed by atoms with Crippen LogP contribution in [0, 0.1) is 25.2 Å². The Balaban J connectivity index is 2.88. The summed E-state index contributed by atoms with van der Waals surface area (Å²) in [4.78, 5) is 14.8. The van der Waals surface area contributed by atoms with Crippen molar-refractivity contribution >= 4 is 11.6 Å². The Hall–Kier alpha value is -2.42. The van der Waals surface area contributed by atoms with Crippen LogP contribution < -0.4 is 0 Å². The lowest BCUT2D eigenvalue weighted by Gasteiger charge is -2.01. The molecule has 0 aliphatic rings. The molecule has 0 aliphatic heterocycles. The molecule has 0 amide bonds. The Morgan fingerprint density at radius 1 is 1.56 bits per heavy atom. The number of nitrogens with zero attached hydrogens (tertiary/aromatic N) is 4. The molecular weight excluding hydrogens is 208 g/mol. The zero-order valence-electron chi connectivity index (χ0n) is 8.72. The summed E-state index contributed by atoms with van der Waals surface area (Å²) >= 11 is 0. The summed E-state index contributed by atoms with van der Waals surface area (Å²) in [7, 11) is 0. The number of carboxylic acid groups (broad SMARTS) is 1. The van der Waals surface area contributed by atoms with E-state index in [1.54, 1.807) is 13.8 Å². The highest BCUT2D eigenvalue weighted by Crippen LogP contribution is 2.15. The Labute approximate surface area is 90.8 Å². The van der Waals surface area contributed by atoms with E-state index < -0.39 is 5.97 Å². The summed E-state index contributed by atoms with van der Waals surface area (Å²) in [6, 6.07) is 2.00. The molecule has 0 bridgehead atoms. The van der Waals surface area contributed by atoms with Crippen LogP contribution in [0.4, 0.5) is 0 Å². The molecule has 0 aromatic carbocycles. The molecule has 16 heavy (non-hydrogen) atoms. The second-order valence-corrected chi connectivity index (χ2v) is 3.37. The average Bonchev–Trinajstić information content (AvgIpc) is 2.55. The molecule has 2 heterocycles. The van der Waals surface area contributed by atoms with E-state index in [0.29, 0.717) is 22.6 Å². The van der Waals surface area contributed by atoms with Crippen LogP contribution in [0.2, 0.25) is 0 Å². The van der Waals surface area contributed by atoms with Gasteiger partial charge in [-0.25, -0.2) is 14.3 Å². The highest BCUT2D eigenvalue weighted by atomic mass is 16.4. The molecule has 0 unspecified atom stereocenters. The van der Waals surface area contributed by atoms with Gasteiger partial charge in [-0.1, -0.05) is 0 Å². The fourth-order valence-corrected chi connectivity index (χ4v) is 1.54. The highest BCUT2D eigenvalue weighted by molar-refractivity contribution is 5.88. The van der Waals surface area contributed by atoms with Gasteiger partial charge in [-0.2, -0.15) is 10.4 Å². The predicted octanol–water partition coefficient (Wildman–Crippen LogP) is 0.916. The summed E-state index contributed by atoms with van der Waals surface area (Å²) in [5.41, 5.74) is 1.85. The fourth-order valence-electron chi connectivity index (χ4n) is 1.54. The quantitative estimate of drug-likeness (QED) is 0.765. The lowest BCUT2D eigenvalue weighted by Crippen LogP contribution is -2.07. The third-order valence-corrected chi connectivity index (χ3v) is 2.40. The topological polar surface area (TPSA) is 91.3 Å². The van der Waals surface area contributed by atoms with Crippen molar-refractivity contribution in [3.05, 3.63) is 28.7 Å². The van der Waals surface area contributed by atoms with Gasteiger partial charge in [0, 0.05) is 6.20 Å². The minimum Gasteiger partial charge on any atom is -0.478 e. The third kappa shape index (κ3) is 1.22. The van der Waals surface area contributed by atoms with E-state index in [4.69, 9.17) is 10.4 Å². The maximum absolute atomic E-state index is 10.9. The minimum atomic E-state index is -1.06. The van der Waals surface area contributed by atoms with E-state index in [0.717, 1.165) is 0 Å². The Morgan fingerprint density at radius 3 is 2.81 bits per heavy atom. The normalized spacial score (nSPS) is 10.3. The Kier molecular flexibility index (Phi) is 2.09. The number of carbonyl (C=O) groups is 1. The number of carboxylic acids is 1. The van der Waals surface area contributed by atoms with Gasteiger partial charge >= 0.3 is 5.97 Å². The Morgan fingerprint density at radius 2 is 2.25 bits per heavy atom. The first-order valence-electron chi connectivity index (χ1n) is 4.54. The fraction of sp³-hybridized carbons (Fsp3) is 0.200. The van der Waals surface area contributed by atoms with Gasteiger partial charge < -0.3 is 5.11 Å². The number of hydrogen-bond acceptors (Lipinski definition) is 4. The zero-order valence-corrected chi connectivity index (χ0v) is 8.72. The second-order valence-electron chi connectivity index (χ2n) is 3.37. The van der Waals surface area contributed by atoms with Crippen LogP contribution in [0.5, 0.6) is 0 Å². The lowest BCUT2D eigenvalue weighted by molar-refractivity contribution is 0.0695. The molecule has 80 valence electrons. The number of nitriles is 1. The van der Waals surface area contributed by atoms with Crippen molar-refractivity contribution in [1.82, 2.24) is 14.6 Å². The molecular formula is C10H8N4O2. The minimum absolute atomic E-state index is 0.0829. The van der Waals surface area contributed by atoms with Crippen LogP contribution in [-0.2, 0) is 0 Å². The van der Waals surface area contributed by atoms with Gasteiger partial charge in [-0.15, -0.1) is 0 Å². The number of fused-ring (bicyclic) bond motifs is 1. The van der Waals surface area contributed by atoms with Crippen molar-refractivity contribution in [2.45, 2.75) is 13.8 Å². The van der Waals surface area contributed by atoms with Crippen LogP contribution in [0.1, 0.15) is 27.3 Å². The molecule has 0 saturated carbocycles. The third-order valence-electron chi connectivity index (χ3n) is 2.40. The summed E-state index contributed by atoms with van der Waals surface area (Å²) in [5.74, 6) is -1.06. The number of hydrogen-bond donors (Lipinski definition) is 1. The van der Waals surface area contributed by atoms with E-state index in [1.165, 1.54) is 10.7 Å². The van der Waals surface area contributed by atoms with E-state index in [2.05, 4.69) is 10.1 Å². The molecule has 0 saturated heterocycles. The lowest BCUT2D eigenvalue weighted by atomic mass is 10.2. The first-order valence-corrected chi connectivity index (χ1v) is 4.54. The largest absolute Gasteiger partial charge is 0.478 e. The van der Waals surface area contributed by atoms with Crippen LogP contribution in [-0.4, -0.2) is 25.7 Å². The number of aromatic carboxylic acids is 1. The Bertz CT molecular complexity index is 636. The van der Waals surface area contributed by atoms with Crippen LogP contribution in [0.25, 0.3) is 5.65 Å². The van der Waals surface area contributed by atoms with Gasteiger partial charge in [0.25, 0.3) is 0 Å². The van der Waals surface area contributed by atoms with E-state index >= 15 is 0 Å². The summed E-state index contributed by atoms with van der Waals surface area (Å²) < 4.78 is 1.39. The molecule has 0 atom stereocenters. The molecule has 2 aromatic rings. The number of rotatable bonds is 1. The van der Waals surface area contributed by atoms with Gasteiger partial charge in [0.15, 0.2) is 5.65 Å². The maximum atomic E-state index is 10.9. The molecule has 0 spiro atoms. The predicted molar refractivity (Wildman–Crippen MR) is 54.1 cm³/mol.